The molecule has 0 atom stereocenters. The lowest BCUT2D eigenvalue weighted by molar-refractivity contribution is -0.136. The second-order valence-corrected chi connectivity index (χ2v) is 13.0. The van der Waals surface area contributed by atoms with Crippen LogP contribution in [0.5, 0.6) is 0 Å². The molecule has 2 aliphatic rings. The summed E-state index contributed by atoms with van der Waals surface area (Å²) in [6.07, 6.45) is 0.515. The largest absolute Gasteiger partial charge is 0.339 e. The van der Waals surface area contributed by atoms with Crippen molar-refractivity contribution in [3.8, 4) is 0 Å². The molecule has 210 valence electrons. The minimum Gasteiger partial charge on any atom is -0.339 e. The van der Waals surface area contributed by atoms with Crippen LogP contribution in [0.2, 0.25) is 10.0 Å². The molecular formula is C29H30Cl2N4O4S. The molecule has 2 aliphatic heterocycles. The molecule has 2 amide bonds. The average molecular weight is 602 g/mol. The highest BCUT2D eigenvalue weighted by atomic mass is 35.5. The number of para-hydroxylation sites is 1. The van der Waals surface area contributed by atoms with Crippen LogP contribution in [0.3, 0.4) is 0 Å². The molecule has 0 radical (unpaired) electrons. The average Bonchev–Trinajstić information content (AvgIpc) is 3.18. The predicted octanol–water partition coefficient (Wildman–Crippen LogP) is 5.08. The number of hydrogen-bond donors (Lipinski definition) is 1. The smallest absolute Gasteiger partial charge is 0.250 e. The third-order valence-corrected chi connectivity index (χ3v) is 10.4. The Morgan fingerprint density at radius 3 is 2.33 bits per heavy atom. The van der Waals surface area contributed by atoms with Gasteiger partial charge in [0.2, 0.25) is 21.8 Å². The molecular weight excluding hydrogens is 571 g/mol. The Hall–Kier alpha value is -3.11. The molecule has 2 heterocycles. The zero-order valence-corrected chi connectivity index (χ0v) is 24.6. The maximum atomic E-state index is 14.0. The van der Waals surface area contributed by atoms with Crippen molar-refractivity contribution in [3.63, 3.8) is 0 Å². The third-order valence-electron chi connectivity index (χ3n) is 7.77. The van der Waals surface area contributed by atoms with Crippen LogP contribution in [-0.4, -0.2) is 61.3 Å². The maximum Gasteiger partial charge on any atom is 0.250 e. The first kappa shape index (κ1) is 28.4. The van der Waals surface area contributed by atoms with Gasteiger partial charge < -0.3 is 15.1 Å². The minimum atomic E-state index is -3.93. The van der Waals surface area contributed by atoms with Crippen molar-refractivity contribution in [1.82, 2.24) is 9.21 Å². The molecule has 8 nitrogen and oxygen atoms in total. The van der Waals surface area contributed by atoms with E-state index >= 15 is 0 Å². The first-order valence-electron chi connectivity index (χ1n) is 13.0. The molecule has 0 saturated carbocycles. The fourth-order valence-electron chi connectivity index (χ4n) is 5.43. The summed E-state index contributed by atoms with van der Waals surface area (Å²) in [7, 11) is -3.93. The van der Waals surface area contributed by atoms with E-state index in [1.165, 1.54) is 22.5 Å². The van der Waals surface area contributed by atoms with Gasteiger partial charge in [-0.25, -0.2) is 8.42 Å². The van der Waals surface area contributed by atoms with Crippen LogP contribution in [0.4, 0.5) is 11.4 Å². The van der Waals surface area contributed by atoms with Crippen LogP contribution in [0.1, 0.15) is 24.0 Å². The van der Waals surface area contributed by atoms with Gasteiger partial charge in [-0.3, -0.25) is 9.59 Å². The molecule has 3 aromatic carbocycles. The Morgan fingerprint density at radius 1 is 0.950 bits per heavy atom. The molecule has 40 heavy (non-hydrogen) atoms. The number of hydrogen-bond acceptors (Lipinski definition) is 5. The second-order valence-electron chi connectivity index (χ2n) is 10.3. The number of aryl methyl sites for hydroxylation is 2. The Morgan fingerprint density at radius 2 is 1.65 bits per heavy atom. The summed E-state index contributed by atoms with van der Waals surface area (Å²) >= 11 is 12.3. The van der Waals surface area contributed by atoms with Crippen LogP contribution in [-0.2, 0) is 19.6 Å². The monoisotopic (exact) mass is 600 g/mol. The number of anilines is 2. The number of piperidine rings is 1. The van der Waals surface area contributed by atoms with E-state index in [-0.39, 0.29) is 65.9 Å². The van der Waals surface area contributed by atoms with E-state index in [0.717, 1.165) is 16.8 Å². The van der Waals surface area contributed by atoms with Crippen LogP contribution >= 0.6 is 23.2 Å². The standard InChI is InChI=1S/C29H30Cl2N4O4S/c1-20-8-10-23(16-21(20)2)32-27(36)18-33-19-35(24-6-4-3-5-7-24)29(28(33)37)12-14-34(15-13-29)40(38,39)26-17-22(30)9-11-25(26)31/h3-11,16-17H,12-15,18-19H2,1-2H3,(H,32,36). The van der Waals surface area contributed by atoms with E-state index in [1.807, 2.05) is 67.3 Å². The quantitative estimate of drug-likeness (QED) is 0.426. The van der Waals surface area contributed by atoms with E-state index in [9.17, 15) is 18.0 Å². The fraction of sp³-hybridized carbons (Fsp3) is 0.310. The number of amides is 2. The molecule has 0 aromatic heterocycles. The molecule has 3 aromatic rings. The van der Waals surface area contributed by atoms with Crippen molar-refractivity contribution in [2.75, 3.05) is 36.5 Å². The van der Waals surface area contributed by atoms with Crippen molar-refractivity contribution in [1.29, 1.82) is 0 Å². The lowest BCUT2D eigenvalue weighted by Crippen LogP contribution is -2.57. The number of rotatable bonds is 6. The van der Waals surface area contributed by atoms with Gasteiger partial charge in [0.05, 0.1) is 11.7 Å². The van der Waals surface area contributed by atoms with Gasteiger partial charge in [-0.2, -0.15) is 4.31 Å². The second kappa shape index (κ2) is 11.0. The molecule has 2 fully saturated rings. The first-order valence-corrected chi connectivity index (χ1v) is 15.2. The summed E-state index contributed by atoms with van der Waals surface area (Å²) in [5.41, 5.74) is 2.71. The lowest BCUT2D eigenvalue weighted by Gasteiger charge is -2.42. The minimum absolute atomic E-state index is 0.0556. The number of halogens is 2. The zero-order valence-electron chi connectivity index (χ0n) is 22.2. The summed E-state index contributed by atoms with van der Waals surface area (Å²) in [5, 5.41) is 3.26. The Labute approximate surface area is 244 Å². The van der Waals surface area contributed by atoms with Gasteiger partial charge in [0, 0.05) is 29.5 Å². The molecule has 5 rings (SSSR count). The van der Waals surface area contributed by atoms with E-state index in [4.69, 9.17) is 23.2 Å². The van der Waals surface area contributed by atoms with Gasteiger partial charge in [-0.1, -0.05) is 47.5 Å². The molecule has 0 bridgehead atoms. The topological polar surface area (TPSA) is 90.0 Å². The van der Waals surface area contributed by atoms with Crippen LogP contribution in [0, 0.1) is 13.8 Å². The van der Waals surface area contributed by atoms with Crippen molar-refractivity contribution < 1.29 is 18.0 Å². The van der Waals surface area contributed by atoms with E-state index in [1.54, 1.807) is 4.90 Å². The van der Waals surface area contributed by atoms with Gasteiger partial charge in [0.1, 0.15) is 17.0 Å². The highest BCUT2D eigenvalue weighted by molar-refractivity contribution is 7.89. The summed E-state index contributed by atoms with van der Waals surface area (Å²) in [4.78, 5) is 30.4. The molecule has 0 aliphatic carbocycles. The summed E-state index contributed by atoms with van der Waals surface area (Å²) in [6.45, 7) is 4.31. The van der Waals surface area contributed by atoms with Gasteiger partial charge in [-0.05, 0) is 80.3 Å². The Balaban J connectivity index is 1.37. The highest BCUT2D eigenvalue weighted by Crippen LogP contribution is 2.41. The van der Waals surface area contributed by atoms with Crippen molar-refractivity contribution in [2.45, 2.75) is 37.1 Å². The van der Waals surface area contributed by atoms with Crippen LogP contribution < -0.4 is 10.2 Å². The molecule has 2 saturated heterocycles. The normalized spacial score (nSPS) is 17.4. The number of nitrogens with one attached hydrogen (secondary N) is 1. The first-order chi connectivity index (χ1) is 19.0. The summed E-state index contributed by atoms with van der Waals surface area (Å²) in [6, 6.07) is 19.5. The number of benzene rings is 3. The SMILES string of the molecule is Cc1ccc(NC(=O)CN2CN(c3ccccc3)C3(CCN(S(=O)(=O)c4cc(Cl)ccc4Cl)CC3)C2=O)cc1C. The number of sulfonamides is 1. The fourth-order valence-corrected chi connectivity index (χ4v) is 7.60. The highest BCUT2D eigenvalue weighted by Gasteiger charge is 2.55. The van der Waals surface area contributed by atoms with Crippen LogP contribution in [0.15, 0.2) is 71.6 Å². The van der Waals surface area contributed by atoms with E-state index in [2.05, 4.69) is 5.32 Å². The van der Waals surface area contributed by atoms with E-state index in [0.29, 0.717) is 5.69 Å². The molecule has 1 N–H and O–H groups in total. The zero-order chi connectivity index (χ0) is 28.7. The maximum absolute atomic E-state index is 14.0. The van der Waals surface area contributed by atoms with Crippen molar-refractivity contribution in [2.24, 2.45) is 0 Å². The Kier molecular flexibility index (Phi) is 7.85. The molecule has 11 heteroatoms. The van der Waals surface area contributed by atoms with Gasteiger partial charge in [-0.15, -0.1) is 0 Å². The third kappa shape index (κ3) is 5.31. The van der Waals surface area contributed by atoms with Crippen LogP contribution in [0.25, 0.3) is 0 Å². The molecule has 1 spiro atoms. The van der Waals surface area contributed by atoms with Gasteiger partial charge >= 0.3 is 0 Å². The van der Waals surface area contributed by atoms with E-state index < -0.39 is 15.6 Å². The number of nitrogens with zero attached hydrogens (tertiary/aromatic N) is 3. The Bertz CT molecular complexity index is 1560. The van der Waals surface area contributed by atoms with Crippen molar-refractivity contribution >= 4 is 56.4 Å². The number of carbonyl (C=O) groups is 2. The summed E-state index contributed by atoms with van der Waals surface area (Å²) < 4.78 is 28.2. The predicted molar refractivity (Wildman–Crippen MR) is 157 cm³/mol. The number of carbonyl (C=O) groups excluding carboxylic acids is 2. The summed E-state index contributed by atoms with van der Waals surface area (Å²) in [5.74, 6) is -0.485. The van der Waals surface area contributed by atoms with Gasteiger partial charge in [0.15, 0.2) is 0 Å². The lowest BCUT2D eigenvalue weighted by atomic mass is 9.86. The van der Waals surface area contributed by atoms with Gasteiger partial charge in [0.25, 0.3) is 0 Å². The molecule has 0 unspecified atom stereocenters. The van der Waals surface area contributed by atoms with Crippen molar-refractivity contribution in [3.05, 3.63) is 87.9 Å².